The first-order valence-corrected chi connectivity index (χ1v) is 5.73. The van der Waals surface area contributed by atoms with E-state index in [9.17, 15) is 4.79 Å². The van der Waals surface area contributed by atoms with E-state index < -0.39 is 0 Å². The van der Waals surface area contributed by atoms with Crippen LogP contribution in [0.5, 0.6) is 0 Å². The van der Waals surface area contributed by atoms with Gasteiger partial charge in [0, 0.05) is 15.6 Å². The molecule has 1 aliphatic rings. The monoisotopic (exact) mass is 262 g/mol. The molecule has 1 nitrogen and oxygen atoms in total. The number of hydrogen-bond acceptors (Lipinski definition) is 1. The van der Waals surface area contributed by atoms with Gasteiger partial charge in [0.1, 0.15) is 0 Å². The van der Waals surface area contributed by atoms with Gasteiger partial charge in [-0.15, -0.1) is 0 Å². The van der Waals surface area contributed by atoms with Crippen LogP contribution in [0.2, 0.25) is 0 Å². The maximum atomic E-state index is 12.0. The average molecular weight is 263 g/mol. The van der Waals surface area contributed by atoms with Crippen LogP contribution in [0.25, 0.3) is 0 Å². The van der Waals surface area contributed by atoms with Crippen molar-refractivity contribution in [2.45, 2.75) is 12.8 Å². The second kappa shape index (κ2) is 4.58. The molecule has 0 spiro atoms. The molecule has 0 saturated heterocycles. The maximum Gasteiger partial charge on any atom is 0.192 e. The molecule has 0 saturated carbocycles. The first-order chi connectivity index (χ1) is 7.27. The predicted molar refractivity (Wildman–Crippen MR) is 64.9 cm³/mol. The lowest BCUT2D eigenvalue weighted by molar-refractivity contribution is 0.103. The van der Waals surface area contributed by atoms with Crippen LogP contribution in [0.1, 0.15) is 23.2 Å². The van der Waals surface area contributed by atoms with Gasteiger partial charge in [0.2, 0.25) is 0 Å². The Morgan fingerprint density at radius 1 is 1.27 bits per heavy atom. The largest absolute Gasteiger partial charge is 0.289 e. The summed E-state index contributed by atoms with van der Waals surface area (Å²) in [5.74, 6) is 0.104. The molecule has 15 heavy (non-hydrogen) atoms. The fraction of sp³-hybridized carbons (Fsp3) is 0.154. The van der Waals surface area contributed by atoms with Crippen molar-refractivity contribution in [2.24, 2.45) is 0 Å². The zero-order valence-electron chi connectivity index (χ0n) is 8.24. The first kappa shape index (κ1) is 10.4. The van der Waals surface area contributed by atoms with Crippen LogP contribution >= 0.6 is 15.9 Å². The van der Waals surface area contributed by atoms with E-state index in [-0.39, 0.29) is 5.78 Å². The number of carbonyl (C=O) groups is 1. The number of rotatable bonds is 2. The first-order valence-electron chi connectivity index (χ1n) is 4.94. The Morgan fingerprint density at radius 2 is 2.13 bits per heavy atom. The number of benzene rings is 1. The van der Waals surface area contributed by atoms with Crippen molar-refractivity contribution in [1.29, 1.82) is 0 Å². The van der Waals surface area contributed by atoms with Gasteiger partial charge >= 0.3 is 0 Å². The van der Waals surface area contributed by atoms with E-state index in [0.29, 0.717) is 0 Å². The summed E-state index contributed by atoms with van der Waals surface area (Å²) in [6.07, 6.45) is 7.96. The minimum atomic E-state index is 0.104. The fourth-order valence-electron chi connectivity index (χ4n) is 1.58. The van der Waals surface area contributed by atoms with Crippen molar-refractivity contribution in [2.75, 3.05) is 0 Å². The molecule has 0 fully saturated rings. The fourth-order valence-corrected chi connectivity index (χ4v) is 1.98. The third-order valence-corrected chi connectivity index (χ3v) is 2.84. The van der Waals surface area contributed by atoms with E-state index in [0.717, 1.165) is 28.5 Å². The molecule has 0 bridgehead atoms. The van der Waals surface area contributed by atoms with E-state index in [1.54, 1.807) is 0 Å². The second-order valence-electron chi connectivity index (χ2n) is 3.48. The molecule has 0 amide bonds. The molecule has 0 radical (unpaired) electrons. The predicted octanol–water partition coefficient (Wildman–Crippen LogP) is 3.91. The van der Waals surface area contributed by atoms with E-state index in [1.807, 2.05) is 42.5 Å². The lowest BCUT2D eigenvalue weighted by Crippen LogP contribution is -2.03. The summed E-state index contributed by atoms with van der Waals surface area (Å²) in [6, 6.07) is 7.49. The minimum absolute atomic E-state index is 0.104. The maximum absolute atomic E-state index is 12.0. The average Bonchev–Trinajstić information content (AvgIpc) is 2.29. The van der Waals surface area contributed by atoms with Crippen LogP contribution < -0.4 is 0 Å². The summed E-state index contributed by atoms with van der Waals surface area (Å²) >= 11 is 3.36. The Balaban J connectivity index is 2.28. The van der Waals surface area contributed by atoms with Crippen molar-refractivity contribution >= 4 is 21.7 Å². The van der Waals surface area contributed by atoms with Crippen LogP contribution in [0.15, 0.2) is 52.5 Å². The number of hydrogen-bond donors (Lipinski definition) is 0. The van der Waals surface area contributed by atoms with E-state index in [2.05, 4.69) is 15.9 Å². The van der Waals surface area contributed by atoms with Gasteiger partial charge in [-0.2, -0.15) is 0 Å². The zero-order valence-corrected chi connectivity index (χ0v) is 9.83. The van der Waals surface area contributed by atoms with E-state index in [4.69, 9.17) is 0 Å². The standard InChI is InChI=1S/C13H11BrO/c14-12-8-4-7-11(9-12)13(15)10-5-2-1-3-6-10/h2,4-9H,1,3H2. The number of halogens is 1. The Morgan fingerprint density at radius 3 is 2.80 bits per heavy atom. The van der Waals surface area contributed by atoms with Crippen molar-refractivity contribution < 1.29 is 4.79 Å². The van der Waals surface area contributed by atoms with E-state index >= 15 is 0 Å². The second-order valence-corrected chi connectivity index (χ2v) is 4.39. The van der Waals surface area contributed by atoms with Gasteiger partial charge in [0.15, 0.2) is 5.78 Å². The van der Waals surface area contributed by atoms with Gasteiger partial charge in [-0.25, -0.2) is 0 Å². The molecule has 1 aromatic carbocycles. The molecule has 76 valence electrons. The molecule has 1 aromatic rings. The SMILES string of the molecule is O=C(C1=CCCC=C1)c1cccc(Br)c1. The normalized spacial score (nSPS) is 14.9. The smallest absolute Gasteiger partial charge is 0.192 e. The lowest BCUT2D eigenvalue weighted by Gasteiger charge is -2.06. The molecule has 0 aliphatic heterocycles. The molecule has 2 rings (SSSR count). The molecule has 2 heteroatoms. The van der Waals surface area contributed by atoms with Gasteiger partial charge in [-0.3, -0.25) is 4.79 Å². The summed E-state index contributed by atoms with van der Waals surface area (Å²) < 4.78 is 0.939. The summed E-state index contributed by atoms with van der Waals surface area (Å²) in [5, 5.41) is 0. The highest BCUT2D eigenvalue weighted by molar-refractivity contribution is 9.10. The Kier molecular flexibility index (Phi) is 3.17. The molecular weight excluding hydrogens is 252 g/mol. The van der Waals surface area contributed by atoms with Crippen molar-refractivity contribution in [3.05, 3.63) is 58.1 Å². The molecule has 0 aromatic heterocycles. The molecular formula is C13H11BrO. The summed E-state index contributed by atoms with van der Waals surface area (Å²) in [5.41, 5.74) is 1.54. The van der Waals surface area contributed by atoms with Gasteiger partial charge in [0.05, 0.1) is 0 Å². The minimum Gasteiger partial charge on any atom is -0.289 e. The quantitative estimate of drug-likeness (QED) is 0.739. The molecule has 1 aliphatic carbocycles. The Hall–Kier alpha value is -1.15. The lowest BCUT2D eigenvalue weighted by atomic mass is 9.98. The molecule has 0 unspecified atom stereocenters. The highest BCUT2D eigenvalue weighted by Crippen LogP contribution is 2.18. The van der Waals surface area contributed by atoms with Crippen molar-refractivity contribution in [3.8, 4) is 0 Å². The van der Waals surface area contributed by atoms with E-state index in [1.165, 1.54) is 0 Å². The Bertz CT molecular complexity index is 444. The zero-order chi connectivity index (χ0) is 10.7. The molecule has 0 atom stereocenters. The van der Waals surface area contributed by atoms with Crippen LogP contribution in [-0.2, 0) is 0 Å². The van der Waals surface area contributed by atoms with Crippen LogP contribution in [-0.4, -0.2) is 5.78 Å². The van der Waals surface area contributed by atoms with Gasteiger partial charge in [-0.1, -0.05) is 46.3 Å². The summed E-state index contributed by atoms with van der Waals surface area (Å²) in [7, 11) is 0. The van der Waals surface area contributed by atoms with Crippen LogP contribution in [0.3, 0.4) is 0 Å². The van der Waals surface area contributed by atoms with Crippen LogP contribution in [0.4, 0.5) is 0 Å². The topological polar surface area (TPSA) is 17.1 Å². The third-order valence-electron chi connectivity index (χ3n) is 2.34. The highest BCUT2D eigenvalue weighted by atomic mass is 79.9. The number of ketones is 1. The number of Topliss-reactive ketones (excluding diaryl/α,β-unsaturated/α-hetero) is 1. The van der Waals surface area contributed by atoms with Crippen molar-refractivity contribution in [3.63, 3.8) is 0 Å². The Labute approximate surface area is 97.6 Å². The van der Waals surface area contributed by atoms with Gasteiger partial charge < -0.3 is 0 Å². The van der Waals surface area contributed by atoms with Gasteiger partial charge in [0.25, 0.3) is 0 Å². The highest BCUT2D eigenvalue weighted by Gasteiger charge is 2.10. The van der Waals surface area contributed by atoms with Gasteiger partial charge in [-0.05, 0) is 25.0 Å². The number of carbonyl (C=O) groups excluding carboxylic acids is 1. The van der Waals surface area contributed by atoms with Crippen LogP contribution in [0, 0.1) is 0 Å². The molecule has 0 N–H and O–H groups in total. The summed E-state index contributed by atoms with van der Waals surface area (Å²) in [6.45, 7) is 0. The third kappa shape index (κ3) is 2.45. The molecule has 0 heterocycles. The number of allylic oxidation sites excluding steroid dienone is 4. The van der Waals surface area contributed by atoms with Crippen molar-refractivity contribution in [1.82, 2.24) is 0 Å². The summed E-state index contributed by atoms with van der Waals surface area (Å²) in [4.78, 5) is 12.0.